The van der Waals surface area contributed by atoms with E-state index >= 15 is 0 Å². The van der Waals surface area contributed by atoms with Crippen LogP contribution >= 0.6 is 0 Å². The maximum atomic E-state index is 4.55. The summed E-state index contributed by atoms with van der Waals surface area (Å²) in [7, 11) is 0. The standard InChI is InChI=1S/C16H19N5/c1-11(2)19-15-14(9-13-7-5-4-6-8-13)12(3)20-16-17-10-18-21(15)16/h4-8,10-11,19H,9H2,1-3H3. The van der Waals surface area contributed by atoms with Gasteiger partial charge in [0.05, 0.1) is 0 Å². The molecule has 0 aliphatic rings. The van der Waals surface area contributed by atoms with E-state index in [0.717, 1.165) is 23.5 Å². The lowest BCUT2D eigenvalue weighted by atomic mass is 10.0. The third-order valence-corrected chi connectivity index (χ3v) is 3.38. The van der Waals surface area contributed by atoms with Gasteiger partial charge < -0.3 is 5.32 Å². The van der Waals surface area contributed by atoms with E-state index < -0.39 is 0 Å². The van der Waals surface area contributed by atoms with E-state index in [1.807, 2.05) is 13.0 Å². The first-order valence-electron chi connectivity index (χ1n) is 7.15. The minimum absolute atomic E-state index is 0.314. The molecule has 0 saturated carbocycles. The van der Waals surface area contributed by atoms with Gasteiger partial charge in [-0.05, 0) is 26.3 Å². The molecule has 0 aliphatic heterocycles. The highest BCUT2D eigenvalue weighted by Gasteiger charge is 2.15. The molecule has 3 rings (SSSR count). The fourth-order valence-corrected chi connectivity index (χ4v) is 2.42. The van der Waals surface area contributed by atoms with Gasteiger partial charge >= 0.3 is 0 Å². The first kappa shape index (κ1) is 13.5. The fraction of sp³-hybridized carbons (Fsp3) is 0.312. The highest BCUT2D eigenvalue weighted by molar-refractivity contribution is 5.54. The lowest BCUT2D eigenvalue weighted by Gasteiger charge is -2.17. The topological polar surface area (TPSA) is 55.1 Å². The van der Waals surface area contributed by atoms with Crippen molar-refractivity contribution in [3.05, 3.63) is 53.5 Å². The number of nitrogens with one attached hydrogen (secondary N) is 1. The highest BCUT2D eigenvalue weighted by atomic mass is 15.4. The number of fused-ring (bicyclic) bond motifs is 1. The Morgan fingerprint density at radius 2 is 1.95 bits per heavy atom. The Kier molecular flexibility index (Phi) is 3.56. The molecular weight excluding hydrogens is 262 g/mol. The highest BCUT2D eigenvalue weighted by Crippen LogP contribution is 2.23. The first-order valence-corrected chi connectivity index (χ1v) is 7.15. The predicted molar refractivity (Wildman–Crippen MR) is 83.5 cm³/mol. The molecule has 0 saturated heterocycles. The molecule has 3 aromatic rings. The average molecular weight is 281 g/mol. The quantitative estimate of drug-likeness (QED) is 0.799. The van der Waals surface area contributed by atoms with Gasteiger partial charge in [0.1, 0.15) is 12.1 Å². The Morgan fingerprint density at radius 3 is 2.67 bits per heavy atom. The molecule has 0 amide bonds. The number of anilines is 1. The zero-order valence-electron chi connectivity index (χ0n) is 12.5. The average Bonchev–Trinajstić information content (AvgIpc) is 2.91. The van der Waals surface area contributed by atoms with Crippen LogP contribution in [0.5, 0.6) is 0 Å². The monoisotopic (exact) mass is 281 g/mol. The number of rotatable bonds is 4. The molecule has 1 aromatic carbocycles. The van der Waals surface area contributed by atoms with Crippen LogP contribution in [-0.2, 0) is 6.42 Å². The zero-order chi connectivity index (χ0) is 14.8. The molecular formula is C16H19N5. The second kappa shape index (κ2) is 5.52. The number of hydrogen-bond acceptors (Lipinski definition) is 4. The van der Waals surface area contributed by atoms with E-state index in [2.05, 4.69) is 58.5 Å². The van der Waals surface area contributed by atoms with Gasteiger partial charge in [-0.1, -0.05) is 30.3 Å². The van der Waals surface area contributed by atoms with Crippen LogP contribution in [0.4, 0.5) is 5.82 Å². The molecule has 0 unspecified atom stereocenters. The molecule has 108 valence electrons. The molecule has 0 radical (unpaired) electrons. The van der Waals surface area contributed by atoms with E-state index in [1.165, 1.54) is 5.56 Å². The molecule has 5 heteroatoms. The molecule has 0 fully saturated rings. The van der Waals surface area contributed by atoms with Crippen LogP contribution < -0.4 is 5.32 Å². The summed E-state index contributed by atoms with van der Waals surface area (Å²) in [5.41, 5.74) is 3.41. The summed E-state index contributed by atoms with van der Waals surface area (Å²) in [6, 6.07) is 10.7. The van der Waals surface area contributed by atoms with Crippen molar-refractivity contribution in [3.63, 3.8) is 0 Å². The molecule has 5 nitrogen and oxygen atoms in total. The van der Waals surface area contributed by atoms with Crippen LogP contribution in [0.2, 0.25) is 0 Å². The van der Waals surface area contributed by atoms with Crippen molar-refractivity contribution in [1.82, 2.24) is 19.6 Å². The van der Waals surface area contributed by atoms with Gasteiger partial charge in [-0.3, -0.25) is 0 Å². The van der Waals surface area contributed by atoms with Gasteiger partial charge in [-0.15, -0.1) is 0 Å². The van der Waals surface area contributed by atoms with Crippen LogP contribution in [0.1, 0.15) is 30.7 Å². The Balaban J connectivity index is 2.12. The number of nitrogens with zero attached hydrogens (tertiary/aromatic N) is 4. The van der Waals surface area contributed by atoms with Crippen LogP contribution in [0.3, 0.4) is 0 Å². The summed E-state index contributed by atoms with van der Waals surface area (Å²) in [6.07, 6.45) is 2.37. The van der Waals surface area contributed by atoms with Crippen LogP contribution in [-0.4, -0.2) is 25.6 Å². The first-order chi connectivity index (χ1) is 10.1. The van der Waals surface area contributed by atoms with Crippen LogP contribution in [0.25, 0.3) is 5.78 Å². The van der Waals surface area contributed by atoms with Gasteiger partial charge in [-0.2, -0.15) is 14.6 Å². The maximum absolute atomic E-state index is 4.55. The van der Waals surface area contributed by atoms with Gasteiger partial charge in [0.2, 0.25) is 0 Å². The summed E-state index contributed by atoms with van der Waals surface area (Å²) >= 11 is 0. The van der Waals surface area contributed by atoms with E-state index in [0.29, 0.717) is 11.8 Å². The Hall–Kier alpha value is -2.43. The molecule has 2 heterocycles. The second-order valence-corrected chi connectivity index (χ2v) is 5.46. The van der Waals surface area contributed by atoms with E-state index in [-0.39, 0.29) is 0 Å². The number of aromatic nitrogens is 4. The lowest BCUT2D eigenvalue weighted by molar-refractivity contribution is 0.834. The Bertz CT molecular complexity index is 746. The molecule has 21 heavy (non-hydrogen) atoms. The van der Waals surface area contributed by atoms with Crippen molar-refractivity contribution >= 4 is 11.6 Å². The molecule has 0 aliphatic carbocycles. The molecule has 0 atom stereocenters. The van der Waals surface area contributed by atoms with Gasteiger partial charge in [-0.25, -0.2) is 4.98 Å². The minimum atomic E-state index is 0.314. The fourth-order valence-electron chi connectivity index (χ4n) is 2.42. The van der Waals surface area contributed by atoms with E-state index in [4.69, 9.17) is 0 Å². The Labute approximate surface area is 124 Å². The second-order valence-electron chi connectivity index (χ2n) is 5.46. The van der Waals surface area contributed by atoms with Crippen molar-refractivity contribution < 1.29 is 0 Å². The third-order valence-electron chi connectivity index (χ3n) is 3.38. The predicted octanol–water partition coefficient (Wildman–Crippen LogP) is 2.84. The largest absolute Gasteiger partial charge is 0.367 e. The maximum Gasteiger partial charge on any atom is 0.254 e. The molecule has 2 aromatic heterocycles. The normalized spacial score (nSPS) is 11.2. The molecule has 0 bridgehead atoms. The van der Waals surface area contributed by atoms with Crippen molar-refractivity contribution in [2.75, 3.05) is 5.32 Å². The van der Waals surface area contributed by atoms with E-state index in [1.54, 1.807) is 10.8 Å². The minimum Gasteiger partial charge on any atom is -0.367 e. The summed E-state index contributed by atoms with van der Waals surface area (Å²) in [5, 5.41) is 7.78. The molecule has 0 spiro atoms. The summed E-state index contributed by atoms with van der Waals surface area (Å²) in [5.74, 6) is 1.61. The van der Waals surface area contributed by atoms with Crippen LogP contribution in [0, 0.1) is 6.92 Å². The summed E-state index contributed by atoms with van der Waals surface area (Å²) in [4.78, 5) is 8.75. The summed E-state index contributed by atoms with van der Waals surface area (Å²) in [6.45, 7) is 6.26. The number of aryl methyl sites for hydroxylation is 1. The van der Waals surface area contributed by atoms with Crippen LogP contribution in [0.15, 0.2) is 36.7 Å². The third kappa shape index (κ3) is 2.72. The van der Waals surface area contributed by atoms with Gasteiger partial charge in [0.15, 0.2) is 0 Å². The number of hydrogen-bond donors (Lipinski definition) is 1. The van der Waals surface area contributed by atoms with Crippen molar-refractivity contribution in [1.29, 1.82) is 0 Å². The zero-order valence-corrected chi connectivity index (χ0v) is 12.5. The molecule has 1 N–H and O–H groups in total. The lowest BCUT2D eigenvalue weighted by Crippen LogP contribution is -2.17. The van der Waals surface area contributed by atoms with Crippen molar-refractivity contribution in [2.45, 2.75) is 33.2 Å². The summed E-state index contributed by atoms with van der Waals surface area (Å²) < 4.78 is 1.78. The van der Waals surface area contributed by atoms with Gasteiger partial charge in [0.25, 0.3) is 5.78 Å². The number of benzene rings is 1. The smallest absolute Gasteiger partial charge is 0.254 e. The Morgan fingerprint density at radius 1 is 1.19 bits per heavy atom. The van der Waals surface area contributed by atoms with Crippen molar-refractivity contribution in [3.8, 4) is 0 Å². The SMILES string of the molecule is Cc1nc2ncnn2c(NC(C)C)c1Cc1ccccc1. The van der Waals surface area contributed by atoms with E-state index in [9.17, 15) is 0 Å². The van der Waals surface area contributed by atoms with Crippen molar-refractivity contribution in [2.24, 2.45) is 0 Å². The van der Waals surface area contributed by atoms with Gasteiger partial charge in [0, 0.05) is 23.7 Å².